The van der Waals surface area contributed by atoms with E-state index in [1.807, 2.05) is 30.5 Å². The molecule has 92 valence electrons. The van der Waals surface area contributed by atoms with Gasteiger partial charge in [-0.1, -0.05) is 5.84 Å². The van der Waals surface area contributed by atoms with E-state index in [-0.39, 0.29) is 18.4 Å². The SMILES string of the molecule is BC(B)NC(B)(C)C(=O)c1ccc2c(c1)OCO2. The fourth-order valence-electron chi connectivity index (χ4n) is 2.19. The van der Waals surface area contributed by atoms with Crippen LogP contribution in [0.2, 0.25) is 0 Å². The lowest BCUT2D eigenvalue weighted by atomic mass is 9.69. The summed E-state index contributed by atoms with van der Waals surface area (Å²) in [6.07, 6.45) is 0. The van der Waals surface area contributed by atoms with Crippen molar-refractivity contribution in [2.75, 3.05) is 6.79 Å². The Balaban J connectivity index is 2.23. The van der Waals surface area contributed by atoms with Crippen LogP contribution in [0.3, 0.4) is 0 Å². The molecule has 0 radical (unpaired) electrons. The number of nitrogens with one attached hydrogen (secondary N) is 1. The van der Waals surface area contributed by atoms with Crippen LogP contribution in [0.25, 0.3) is 0 Å². The monoisotopic (exact) mass is 243 g/mol. The zero-order valence-corrected chi connectivity index (χ0v) is 11.2. The highest BCUT2D eigenvalue weighted by atomic mass is 16.7. The Morgan fingerprint density at radius 3 is 2.72 bits per heavy atom. The predicted octanol–water partition coefficient (Wildman–Crippen LogP) is -1.91. The van der Waals surface area contributed by atoms with Gasteiger partial charge in [-0.25, -0.2) is 0 Å². The average molecular weight is 243 g/mol. The number of carbonyl (C=O) groups is 1. The van der Waals surface area contributed by atoms with Crippen molar-refractivity contribution < 1.29 is 14.3 Å². The van der Waals surface area contributed by atoms with E-state index in [0.29, 0.717) is 17.1 Å². The maximum absolute atomic E-state index is 12.4. The lowest BCUT2D eigenvalue weighted by Crippen LogP contribution is -2.54. The van der Waals surface area contributed by atoms with Crippen LogP contribution < -0.4 is 14.8 Å². The quantitative estimate of drug-likeness (QED) is 0.494. The molecule has 0 fully saturated rings. The topological polar surface area (TPSA) is 47.6 Å². The molecule has 0 amide bonds. The predicted molar refractivity (Wildman–Crippen MR) is 77.9 cm³/mol. The first-order valence-corrected chi connectivity index (χ1v) is 6.12. The van der Waals surface area contributed by atoms with E-state index in [9.17, 15) is 4.79 Å². The average Bonchev–Trinajstić information content (AvgIpc) is 2.72. The minimum atomic E-state index is -0.595. The van der Waals surface area contributed by atoms with Gasteiger partial charge in [-0.05, 0) is 25.1 Å². The number of ketones is 1. The van der Waals surface area contributed by atoms with Gasteiger partial charge in [0.25, 0.3) is 0 Å². The Hall–Kier alpha value is -1.36. The number of fused-ring (bicyclic) bond motifs is 1. The third-order valence-corrected chi connectivity index (χ3v) is 2.85. The van der Waals surface area contributed by atoms with E-state index >= 15 is 0 Å². The Morgan fingerprint density at radius 2 is 2.06 bits per heavy atom. The Labute approximate surface area is 110 Å². The fraction of sp³-hybridized carbons (Fsp3) is 0.364. The zero-order chi connectivity index (χ0) is 13.3. The van der Waals surface area contributed by atoms with Crippen molar-refractivity contribution in [3.05, 3.63) is 23.8 Å². The van der Waals surface area contributed by atoms with Gasteiger partial charge in [0.05, 0.1) is 0 Å². The van der Waals surface area contributed by atoms with Gasteiger partial charge in [0.15, 0.2) is 17.3 Å². The number of hydrogen-bond donors (Lipinski definition) is 1. The molecule has 1 aromatic rings. The maximum Gasteiger partial charge on any atom is 0.231 e. The van der Waals surface area contributed by atoms with Crippen LogP contribution in [-0.4, -0.2) is 47.4 Å². The molecule has 0 bridgehead atoms. The minimum Gasteiger partial charge on any atom is -0.454 e. The molecule has 1 N–H and O–H groups in total. The summed E-state index contributed by atoms with van der Waals surface area (Å²) in [6, 6.07) is 5.30. The van der Waals surface area contributed by atoms with E-state index in [1.165, 1.54) is 0 Å². The van der Waals surface area contributed by atoms with Crippen molar-refractivity contribution in [1.29, 1.82) is 0 Å². The van der Waals surface area contributed by atoms with Crippen LogP contribution >= 0.6 is 0 Å². The largest absolute Gasteiger partial charge is 0.454 e. The first-order chi connectivity index (χ1) is 8.40. The van der Waals surface area contributed by atoms with E-state index in [2.05, 4.69) is 5.32 Å². The summed E-state index contributed by atoms with van der Waals surface area (Å²) in [5, 5.41) is 3.26. The Bertz CT molecular complexity index is 477. The first-order valence-electron chi connectivity index (χ1n) is 6.12. The summed E-state index contributed by atoms with van der Waals surface area (Å²) < 4.78 is 10.5. The molecule has 18 heavy (non-hydrogen) atoms. The second kappa shape index (κ2) is 4.73. The molecule has 1 unspecified atom stereocenters. The standard InChI is InChI=1S/C11H16B3NO3/c1-11(14,15-10(12)13)9(16)6-2-3-7-8(4-6)18-5-17-7/h2-4,10,15H,5,12-14H2,1H3. The molecule has 2 rings (SSSR count). The summed E-state index contributed by atoms with van der Waals surface area (Å²) in [7, 11) is 5.93. The molecule has 0 spiro atoms. The molecule has 1 aliphatic rings. The van der Waals surface area contributed by atoms with Crippen molar-refractivity contribution in [3.63, 3.8) is 0 Å². The van der Waals surface area contributed by atoms with Gasteiger partial charge in [-0.3, -0.25) is 4.79 Å². The molecule has 0 aliphatic carbocycles. The number of benzene rings is 1. The lowest BCUT2D eigenvalue weighted by molar-refractivity contribution is 0.0928. The smallest absolute Gasteiger partial charge is 0.231 e. The summed E-state index contributed by atoms with van der Waals surface area (Å²) in [5.74, 6) is 1.63. The van der Waals surface area contributed by atoms with E-state index in [1.54, 1.807) is 18.2 Å². The van der Waals surface area contributed by atoms with Gasteiger partial charge in [0.1, 0.15) is 23.5 Å². The molecule has 0 saturated heterocycles. The molecular weight excluding hydrogens is 227 g/mol. The Kier molecular flexibility index (Phi) is 3.44. The number of Topliss-reactive ketones (excluding diaryl/α,β-unsaturated/α-hetero) is 1. The molecule has 4 nitrogen and oxygen atoms in total. The molecule has 7 heteroatoms. The highest BCUT2D eigenvalue weighted by molar-refractivity contribution is 6.38. The van der Waals surface area contributed by atoms with E-state index in [4.69, 9.17) is 9.47 Å². The summed E-state index contributed by atoms with van der Waals surface area (Å²) in [6.45, 7) is 2.11. The zero-order valence-electron chi connectivity index (χ0n) is 11.2. The van der Waals surface area contributed by atoms with Crippen LogP contribution in [0.4, 0.5) is 0 Å². The summed E-state index contributed by atoms with van der Waals surface area (Å²) >= 11 is 0. The molecule has 1 aliphatic heterocycles. The maximum atomic E-state index is 12.4. The molecule has 0 aromatic heterocycles. The summed E-state index contributed by atoms with van der Waals surface area (Å²) in [4.78, 5) is 12.4. The third kappa shape index (κ3) is 2.56. The van der Waals surface area contributed by atoms with Crippen LogP contribution in [0.1, 0.15) is 17.3 Å². The summed E-state index contributed by atoms with van der Waals surface area (Å²) in [5.41, 5.74) is 0.0411. The molecule has 0 saturated carbocycles. The van der Waals surface area contributed by atoms with Gasteiger partial charge in [-0.15, -0.1) is 0 Å². The van der Waals surface area contributed by atoms with Gasteiger partial charge in [-0.2, -0.15) is 0 Å². The molecule has 1 aromatic carbocycles. The number of rotatable bonds is 4. The van der Waals surface area contributed by atoms with Gasteiger partial charge >= 0.3 is 0 Å². The third-order valence-electron chi connectivity index (χ3n) is 2.85. The van der Waals surface area contributed by atoms with E-state index in [0.717, 1.165) is 0 Å². The van der Waals surface area contributed by atoms with Gasteiger partial charge in [0, 0.05) is 11.0 Å². The van der Waals surface area contributed by atoms with Crippen LogP contribution in [-0.2, 0) is 0 Å². The van der Waals surface area contributed by atoms with Crippen molar-refractivity contribution in [1.82, 2.24) is 5.32 Å². The number of hydrogen-bond acceptors (Lipinski definition) is 4. The number of carbonyl (C=O) groups excluding carboxylic acids is 1. The normalized spacial score (nSPS) is 16.6. The minimum absolute atomic E-state index is 0.0505. The lowest BCUT2D eigenvalue weighted by Gasteiger charge is -2.28. The van der Waals surface area contributed by atoms with Crippen molar-refractivity contribution in [2.24, 2.45) is 0 Å². The van der Waals surface area contributed by atoms with Crippen LogP contribution in [0.15, 0.2) is 18.2 Å². The highest BCUT2D eigenvalue weighted by Gasteiger charge is 2.29. The van der Waals surface area contributed by atoms with Gasteiger partial charge in [0.2, 0.25) is 6.79 Å². The first kappa shape index (κ1) is 13.1. The fourth-order valence-corrected chi connectivity index (χ4v) is 2.19. The Morgan fingerprint density at radius 1 is 1.39 bits per heavy atom. The van der Waals surface area contributed by atoms with Crippen molar-refractivity contribution in [3.8, 4) is 11.5 Å². The van der Waals surface area contributed by atoms with Crippen molar-refractivity contribution >= 4 is 29.3 Å². The second-order valence-electron chi connectivity index (χ2n) is 5.32. The molecule has 1 heterocycles. The van der Waals surface area contributed by atoms with Crippen LogP contribution in [0.5, 0.6) is 11.5 Å². The second-order valence-corrected chi connectivity index (χ2v) is 5.32. The van der Waals surface area contributed by atoms with E-state index < -0.39 is 5.44 Å². The molecular formula is C11H16B3NO3. The number of ether oxygens (including phenoxy) is 2. The van der Waals surface area contributed by atoms with Gasteiger partial charge < -0.3 is 14.8 Å². The van der Waals surface area contributed by atoms with Crippen LogP contribution in [0, 0.1) is 0 Å². The molecule has 1 atom stereocenters. The highest BCUT2D eigenvalue weighted by Crippen LogP contribution is 2.33. The van der Waals surface area contributed by atoms with Crippen molar-refractivity contribution in [2.45, 2.75) is 18.2 Å².